The molecule has 0 radical (unpaired) electrons. The number of rotatable bonds is 1. The summed E-state index contributed by atoms with van der Waals surface area (Å²) in [6, 6.07) is 0. The maximum absolute atomic E-state index is 4.66. The van der Waals surface area contributed by atoms with Gasteiger partial charge in [0.1, 0.15) is 0 Å². The first kappa shape index (κ1) is 8.22. The van der Waals surface area contributed by atoms with Crippen molar-refractivity contribution in [1.29, 1.82) is 0 Å². The fraction of sp³-hybridized carbons (Fsp3) is 0.462. The van der Waals surface area contributed by atoms with Crippen molar-refractivity contribution in [3.05, 3.63) is 36.5 Å². The van der Waals surface area contributed by atoms with Gasteiger partial charge in [-0.2, -0.15) is 0 Å². The maximum atomic E-state index is 4.66. The Bertz CT molecular complexity index is 373. The van der Waals surface area contributed by atoms with Crippen LogP contribution in [0.25, 0.3) is 0 Å². The van der Waals surface area contributed by atoms with Crippen LogP contribution in [0, 0.1) is 11.3 Å². The van der Waals surface area contributed by atoms with E-state index in [0.717, 1.165) is 13.0 Å². The van der Waals surface area contributed by atoms with Crippen LogP contribution >= 0.6 is 0 Å². The minimum Gasteiger partial charge on any atom is -0.293 e. The maximum Gasteiger partial charge on any atom is 0.0401 e. The van der Waals surface area contributed by atoms with Crippen molar-refractivity contribution in [2.24, 2.45) is 16.3 Å². The van der Waals surface area contributed by atoms with Crippen LogP contribution in [0.4, 0.5) is 0 Å². The van der Waals surface area contributed by atoms with Crippen molar-refractivity contribution >= 4 is 5.71 Å². The van der Waals surface area contributed by atoms with Gasteiger partial charge in [-0.25, -0.2) is 0 Å². The molecule has 2 aliphatic carbocycles. The van der Waals surface area contributed by atoms with E-state index in [1.807, 2.05) is 0 Å². The quantitative estimate of drug-likeness (QED) is 0.557. The van der Waals surface area contributed by atoms with Gasteiger partial charge in [-0.1, -0.05) is 36.5 Å². The Balaban J connectivity index is 1.99. The fourth-order valence-electron chi connectivity index (χ4n) is 3.00. The summed E-state index contributed by atoms with van der Waals surface area (Å²) < 4.78 is 0. The molecule has 1 nitrogen and oxygen atoms in total. The highest BCUT2D eigenvalue weighted by Gasteiger charge is 2.50. The van der Waals surface area contributed by atoms with Gasteiger partial charge in [0.2, 0.25) is 0 Å². The summed E-state index contributed by atoms with van der Waals surface area (Å²) in [7, 11) is 0. The SMILES string of the molecule is C=C1CC2(C3=NCCC3)C=CC=CC12. The third-order valence-electron chi connectivity index (χ3n) is 3.73. The second kappa shape index (κ2) is 2.69. The number of nitrogens with zero attached hydrogens (tertiary/aromatic N) is 1. The van der Waals surface area contributed by atoms with Crippen LogP contribution in [0.15, 0.2) is 41.4 Å². The summed E-state index contributed by atoms with van der Waals surface area (Å²) in [4.78, 5) is 4.66. The number of fused-ring (bicyclic) bond motifs is 1. The predicted octanol–water partition coefficient (Wildman–Crippen LogP) is 2.91. The largest absolute Gasteiger partial charge is 0.293 e. The van der Waals surface area contributed by atoms with Crippen LogP contribution in [-0.2, 0) is 0 Å². The smallest absolute Gasteiger partial charge is 0.0401 e. The van der Waals surface area contributed by atoms with Gasteiger partial charge in [0, 0.05) is 23.6 Å². The van der Waals surface area contributed by atoms with Crippen LogP contribution in [-0.4, -0.2) is 12.3 Å². The normalized spacial score (nSPS) is 39.3. The number of allylic oxidation sites excluding steroid dienone is 5. The number of aliphatic imine (C=N–C) groups is 1. The first-order chi connectivity index (χ1) is 6.83. The fourth-order valence-corrected chi connectivity index (χ4v) is 3.00. The minimum absolute atomic E-state index is 0.252. The highest BCUT2D eigenvalue weighted by atomic mass is 14.8. The van der Waals surface area contributed by atoms with Gasteiger partial charge < -0.3 is 0 Å². The molecule has 1 fully saturated rings. The van der Waals surface area contributed by atoms with Crippen molar-refractivity contribution in [3.63, 3.8) is 0 Å². The molecule has 1 heteroatoms. The molecule has 14 heavy (non-hydrogen) atoms. The van der Waals surface area contributed by atoms with Crippen LogP contribution in [0.5, 0.6) is 0 Å². The van der Waals surface area contributed by atoms with Gasteiger partial charge in [-0.3, -0.25) is 4.99 Å². The molecule has 72 valence electrons. The zero-order chi connectivity index (χ0) is 9.60. The van der Waals surface area contributed by atoms with Crippen molar-refractivity contribution in [1.82, 2.24) is 0 Å². The summed E-state index contributed by atoms with van der Waals surface area (Å²) in [5, 5.41) is 0. The second-order valence-corrected chi connectivity index (χ2v) is 4.53. The molecule has 1 aliphatic heterocycles. The van der Waals surface area contributed by atoms with Gasteiger partial charge in [-0.05, 0) is 19.3 Å². The van der Waals surface area contributed by atoms with E-state index in [1.165, 1.54) is 24.1 Å². The Morgan fingerprint density at radius 3 is 3.07 bits per heavy atom. The van der Waals surface area contributed by atoms with Crippen molar-refractivity contribution in [2.45, 2.75) is 19.3 Å². The van der Waals surface area contributed by atoms with Crippen molar-refractivity contribution in [3.8, 4) is 0 Å². The highest BCUT2D eigenvalue weighted by Crippen LogP contribution is 2.55. The zero-order valence-electron chi connectivity index (χ0n) is 8.37. The Hall–Kier alpha value is -1.11. The average molecular weight is 185 g/mol. The van der Waals surface area contributed by atoms with Gasteiger partial charge in [0.05, 0.1) is 0 Å². The molecule has 0 bridgehead atoms. The summed E-state index contributed by atoms with van der Waals surface area (Å²) in [5.74, 6) is 0.546. The van der Waals surface area contributed by atoms with Gasteiger partial charge in [0.25, 0.3) is 0 Å². The predicted molar refractivity (Wildman–Crippen MR) is 59.5 cm³/mol. The van der Waals surface area contributed by atoms with Crippen molar-refractivity contribution < 1.29 is 0 Å². The number of hydrogen-bond donors (Lipinski definition) is 0. The summed E-state index contributed by atoms with van der Waals surface area (Å²) in [5.41, 5.74) is 3.05. The van der Waals surface area contributed by atoms with E-state index in [-0.39, 0.29) is 5.41 Å². The van der Waals surface area contributed by atoms with Crippen LogP contribution in [0.1, 0.15) is 19.3 Å². The summed E-state index contributed by atoms with van der Waals surface area (Å²) in [6.07, 6.45) is 12.5. The third kappa shape index (κ3) is 0.875. The van der Waals surface area contributed by atoms with E-state index in [2.05, 4.69) is 35.9 Å². The standard InChI is InChI=1S/C13H15N/c1-10-9-13(12-6-4-8-14-12)7-3-2-5-11(10)13/h2-3,5,7,11H,1,4,6,8-9H2. The Labute approximate surface area is 84.9 Å². The molecular formula is C13H15N. The molecule has 3 aliphatic rings. The monoisotopic (exact) mass is 185 g/mol. The lowest BCUT2D eigenvalue weighted by molar-refractivity contribution is 0.314. The van der Waals surface area contributed by atoms with E-state index < -0.39 is 0 Å². The van der Waals surface area contributed by atoms with Crippen molar-refractivity contribution in [2.75, 3.05) is 6.54 Å². The van der Waals surface area contributed by atoms with E-state index in [9.17, 15) is 0 Å². The first-order valence-corrected chi connectivity index (χ1v) is 5.40. The highest BCUT2D eigenvalue weighted by molar-refractivity contribution is 5.96. The average Bonchev–Trinajstić information content (AvgIpc) is 2.69. The summed E-state index contributed by atoms with van der Waals surface area (Å²) in [6.45, 7) is 5.16. The molecule has 0 spiro atoms. The number of hydrogen-bond acceptors (Lipinski definition) is 1. The molecule has 2 unspecified atom stereocenters. The van der Waals surface area contributed by atoms with Crippen LogP contribution in [0.2, 0.25) is 0 Å². The second-order valence-electron chi connectivity index (χ2n) is 4.53. The summed E-state index contributed by atoms with van der Waals surface area (Å²) >= 11 is 0. The molecule has 0 amide bonds. The molecule has 0 aromatic rings. The van der Waals surface area contributed by atoms with Gasteiger partial charge in [-0.15, -0.1) is 0 Å². The molecule has 0 aromatic carbocycles. The molecule has 0 N–H and O–H groups in total. The van der Waals surface area contributed by atoms with Gasteiger partial charge in [0.15, 0.2) is 0 Å². The first-order valence-electron chi connectivity index (χ1n) is 5.40. The zero-order valence-corrected chi connectivity index (χ0v) is 8.37. The van der Waals surface area contributed by atoms with E-state index in [4.69, 9.17) is 0 Å². The van der Waals surface area contributed by atoms with Gasteiger partial charge >= 0.3 is 0 Å². The molecule has 2 atom stereocenters. The Kier molecular flexibility index (Phi) is 1.58. The lowest BCUT2D eigenvalue weighted by Crippen LogP contribution is -2.46. The minimum atomic E-state index is 0.252. The molecule has 0 aromatic heterocycles. The molecule has 0 saturated heterocycles. The molecule has 1 heterocycles. The van der Waals surface area contributed by atoms with Crippen LogP contribution < -0.4 is 0 Å². The lowest BCUT2D eigenvalue weighted by atomic mass is 9.53. The van der Waals surface area contributed by atoms with Crippen LogP contribution in [0.3, 0.4) is 0 Å². The van der Waals surface area contributed by atoms with E-state index in [0.29, 0.717) is 5.92 Å². The third-order valence-corrected chi connectivity index (χ3v) is 3.73. The molecular weight excluding hydrogens is 170 g/mol. The molecule has 1 saturated carbocycles. The lowest BCUT2D eigenvalue weighted by Gasteiger charge is -2.50. The molecule has 3 rings (SSSR count). The Morgan fingerprint density at radius 2 is 2.36 bits per heavy atom. The van der Waals surface area contributed by atoms with E-state index in [1.54, 1.807) is 0 Å². The topological polar surface area (TPSA) is 12.4 Å². The van der Waals surface area contributed by atoms with E-state index >= 15 is 0 Å². The Morgan fingerprint density at radius 1 is 1.43 bits per heavy atom.